The van der Waals surface area contributed by atoms with Gasteiger partial charge in [0.1, 0.15) is 11.5 Å². The molecule has 4 heterocycles. The molecular weight excluding hydrogens is 407 g/mol. The Morgan fingerprint density at radius 1 is 1.10 bits per heavy atom. The van der Waals surface area contributed by atoms with Crippen LogP contribution >= 0.6 is 11.6 Å². The molecule has 29 heavy (non-hydrogen) atoms. The van der Waals surface area contributed by atoms with Crippen molar-refractivity contribution in [2.45, 2.75) is 6.18 Å². The maximum absolute atomic E-state index is 13.1. The van der Waals surface area contributed by atoms with Gasteiger partial charge in [0.2, 0.25) is 0 Å². The Morgan fingerprint density at radius 3 is 2.59 bits per heavy atom. The molecule has 0 saturated heterocycles. The molecule has 0 saturated carbocycles. The smallest absolute Gasteiger partial charge is 0.317 e. The van der Waals surface area contributed by atoms with Crippen molar-refractivity contribution in [2.24, 2.45) is 14.1 Å². The molecule has 0 aromatic carbocycles. The Hall–Kier alpha value is -3.27. The van der Waals surface area contributed by atoms with Crippen molar-refractivity contribution in [3.05, 3.63) is 53.8 Å². The fraction of sp³-hybridized carbons (Fsp3) is 0.167. The standard InChI is InChI=1S/C18H13ClF3N7/c1-28-9-24-27-17(28)13-8-25-29(2)16(13)10-4-14(26-15(19)5-10)11-3-12(7-23-6-11)18(20,21)22/h3-9H,1-2H3/i6D. The Morgan fingerprint density at radius 2 is 1.90 bits per heavy atom. The predicted molar refractivity (Wildman–Crippen MR) is 99.7 cm³/mol. The molecule has 0 aliphatic heterocycles. The van der Waals surface area contributed by atoms with Gasteiger partial charge >= 0.3 is 6.18 Å². The molecule has 0 atom stereocenters. The van der Waals surface area contributed by atoms with Gasteiger partial charge in [-0.1, -0.05) is 11.6 Å². The van der Waals surface area contributed by atoms with Crippen LogP contribution in [-0.2, 0) is 20.3 Å². The van der Waals surface area contributed by atoms with Gasteiger partial charge in [-0.15, -0.1) is 10.2 Å². The summed E-state index contributed by atoms with van der Waals surface area (Å²) in [5, 5.41) is 12.3. The van der Waals surface area contributed by atoms with Gasteiger partial charge in [0, 0.05) is 37.6 Å². The van der Waals surface area contributed by atoms with Crippen LogP contribution in [0.15, 0.2) is 43.1 Å². The SMILES string of the molecule is [2H]c1ncc(C(F)(F)F)cc1-c1cc(-c2c(-c3nncn3C)cnn2C)cc(Cl)n1. The molecule has 0 aliphatic rings. The molecule has 0 fully saturated rings. The number of hydrogen-bond acceptors (Lipinski definition) is 5. The summed E-state index contributed by atoms with van der Waals surface area (Å²) in [4.78, 5) is 7.67. The summed E-state index contributed by atoms with van der Waals surface area (Å²) in [6.45, 7) is 0. The van der Waals surface area contributed by atoms with Crippen molar-refractivity contribution in [1.29, 1.82) is 0 Å². The third-order valence-electron chi connectivity index (χ3n) is 4.25. The molecule has 148 valence electrons. The second kappa shape index (κ2) is 6.96. The van der Waals surface area contributed by atoms with Crippen LogP contribution < -0.4 is 0 Å². The van der Waals surface area contributed by atoms with E-state index in [1.807, 2.05) is 0 Å². The van der Waals surface area contributed by atoms with Crippen LogP contribution in [0.3, 0.4) is 0 Å². The van der Waals surface area contributed by atoms with Crippen LogP contribution in [0, 0.1) is 0 Å². The highest BCUT2D eigenvalue weighted by atomic mass is 35.5. The number of aryl methyl sites for hydroxylation is 2. The summed E-state index contributed by atoms with van der Waals surface area (Å²) in [5.74, 6) is 0.550. The lowest BCUT2D eigenvalue weighted by Crippen LogP contribution is -2.05. The van der Waals surface area contributed by atoms with Crippen molar-refractivity contribution >= 4 is 11.6 Å². The Balaban J connectivity index is 1.90. The van der Waals surface area contributed by atoms with Gasteiger partial charge in [-0.3, -0.25) is 9.67 Å². The first-order chi connectivity index (χ1) is 14.1. The molecule has 0 aliphatic carbocycles. The number of rotatable bonds is 3. The molecule has 0 spiro atoms. The Labute approximate surface area is 169 Å². The zero-order valence-corrected chi connectivity index (χ0v) is 15.9. The number of pyridine rings is 2. The number of halogens is 4. The number of alkyl halides is 3. The first-order valence-electron chi connectivity index (χ1n) is 8.73. The number of hydrogen-bond donors (Lipinski definition) is 0. The molecule has 0 bridgehead atoms. The van der Waals surface area contributed by atoms with Gasteiger partial charge < -0.3 is 4.57 Å². The van der Waals surface area contributed by atoms with E-state index in [0.29, 0.717) is 28.8 Å². The highest BCUT2D eigenvalue weighted by Crippen LogP contribution is 2.35. The lowest BCUT2D eigenvalue weighted by atomic mass is 10.0. The van der Waals surface area contributed by atoms with Gasteiger partial charge in [-0.2, -0.15) is 18.3 Å². The molecule has 4 aromatic rings. The summed E-state index contributed by atoms with van der Waals surface area (Å²) in [7, 11) is 3.49. The summed E-state index contributed by atoms with van der Waals surface area (Å²) >= 11 is 6.18. The monoisotopic (exact) mass is 420 g/mol. The Bertz CT molecular complexity index is 1250. The maximum Gasteiger partial charge on any atom is 0.417 e. The molecular formula is C18H13ClF3N7. The molecule has 0 radical (unpaired) electrons. The third kappa shape index (κ3) is 3.58. The normalized spacial score (nSPS) is 12.3. The minimum Gasteiger partial charge on any atom is -0.317 e. The lowest BCUT2D eigenvalue weighted by molar-refractivity contribution is -0.137. The van der Waals surface area contributed by atoms with E-state index in [0.717, 1.165) is 6.07 Å². The summed E-state index contributed by atoms with van der Waals surface area (Å²) < 4.78 is 50.6. The van der Waals surface area contributed by atoms with Crippen molar-refractivity contribution in [1.82, 2.24) is 34.5 Å². The minimum absolute atomic E-state index is 0.0458. The van der Waals surface area contributed by atoms with E-state index in [-0.39, 0.29) is 22.6 Å². The summed E-state index contributed by atoms with van der Waals surface area (Å²) in [5.41, 5.74) is 0.834. The zero-order chi connectivity index (χ0) is 21.6. The van der Waals surface area contributed by atoms with E-state index in [1.54, 1.807) is 35.6 Å². The van der Waals surface area contributed by atoms with Crippen LogP contribution in [-0.4, -0.2) is 34.5 Å². The van der Waals surface area contributed by atoms with Crippen LogP contribution in [0.25, 0.3) is 33.9 Å². The van der Waals surface area contributed by atoms with Crippen molar-refractivity contribution in [3.8, 4) is 33.9 Å². The van der Waals surface area contributed by atoms with Crippen LogP contribution in [0.2, 0.25) is 5.15 Å². The Kier molecular flexibility index (Phi) is 4.27. The van der Waals surface area contributed by atoms with Crippen LogP contribution in [0.4, 0.5) is 13.2 Å². The van der Waals surface area contributed by atoms with Gasteiger partial charge in [0.25, 0.3) is 0 Å². The second-order valence-corrected chi connectivity index (χ2v) is 6.63. The molecule has 0 unspecified atom stereocenters. The first-order valence-corrected chi connectivity index (χ1v) is 8.61. The number of aromatic nitrogens is 7. The minimum atomic E-state index is -4.60. The van der Waals surface area contributed by atoms with Crippen LogP contribution in [0.5, 0.6) is 0 Å². The summed E-state index contributed by atoms with van der Waals surface area (Å²) in [6.07, 6.45) is -1.18. The quantitative estimate of drug-likeness (QED) is 0.468. The third-order valence-corrected chi connectivity index (χ3v) is 4.44. The maximum atomic E-state index is 13.1. The second-order valence-electron chi connectivity index (χ2n) is 6.24. The highest BCUT2D eigenvalue weighted by molar-refractivity contribution is 6.29. The van der Waals surface area contributed by atoms with Crippen molar-refractivity contribution in [2.75, 3.05) is 0 Å². The van der Waals surface area contributed by atoms with E-state index < -0.39 is 11.7 Å². The van der Waals surface area contributed by atoms with E-state index in [9.17, 15) is 13.2 Å². The van der Waals surface area contributed by atoms with Gasteiger partial charge in [0.05, 0.1) is 30.1 Å². The van der Waals surface area contributed by atoms with Gasteiger partial charge in [-0.05, 0) is 18.2 Å². The van der Waals surface area contributed by atoms with Crippen molar-refractivity contribution in [3.63, 3.8) is 0 Å². The van der Waals surface area contributed by atoms with E-state index in [1.165, 1.54) is 12.4 Å². The van der Waals surface area contributed by atoms with Gasteiger partial charge in [0.15, 0.2) is 5.82 Å². The first kappa shape index (κ1) is 17.8. The number of nitrogens with zero attached hydrogens (tertiary/aromatic N) is 7. The largest absolute Gasteiger partial charge is 0.417 e. The van der Waals surface area contributed by atoms with Gasteiger partial charge in [-0.25, -0.2) is 4.98 Å². The highest BCUT2D eigenvalue weighted by Gasteiger charge is 2.31. The average molecular weight is 421 g/mol. The molecule has 4 aromatic heterocycles. The zero-order valence-electron chi connectivity index (χ0n) is 16.1. The molecule has 0 N–H and O–H groups in total. The van der Waals surface area contributed by atoms with E-state index in [2.05, 4.69) is 25.3 Å². The molecule has 4 rings (SSSR count). The van der Waals surface area contributed by atoms with Crippen molar-refractivity contribution < 1.29 is 14.5 Å². The fourth-order valence-corrected chi connectivity index (χ4v) is 3.13. The average Bonchev–Trinajstić information content (AvgIpc) is 3.25. The molecule has 11 heteroatoms. The van der Waals surface area contributed by atoms with E-state index >= 15 is 0 Å². The van der Waals surface area contributed by atoms with Crippen LogP contribution in [0.1, 0.15) is 6.93 Å². The molecule has 0 amide bonds. The lowest BCUT2D eigenvalue weighted by Gasteiger charge is -2.11. The molecule has 7 nitrogen and oxygen atoms in total. The van der Waals surface area contributed by atoms with E-state index in [4.69, 9.17) is 13.0 Å². The fourth-order valence-electron chi connectivity index (χ4n) is 2.92. The predicted octanol–water partition coefficient (Wildman–Crippen LogP) is 4.01. The summed E-state index contributed by atoms with van der Waals surface area (Å²) in [6, 6.07) is 3.94. The topological polar surface area (TPSA) is 74.3 Å².